The van der Waals surface area contributed by atoms with Gasteiger partial charge < -0.3 is 10.2 Å². The van der Waals surface area contributed by atoms with Crippen molar-refractivity contribution in [3.63, 3.8) is 0 Å². The highest BCUT2D eigenvalue weighted by Crippen LogP contribution is 2.20. The van der Waals surface area contributed by atoms with E-state index in [0.29, 0.717) is 30.5 Å². The van der Waals surface area contributed by atoms with Gasteiger partial charge in [0, 0.05) is 18.1 Å². The number of rotatable bonds is 9. The smallest absolute Gasteiger partial charge is 0.242 e. The van der Waals surface area contributed by atoms with Crippen LogP contribution >= 0.6 is 11.6 Å². The summed E-state index contributed by atoms with van der Waals surface area (Å²) in [7, 11) is 0. The van der Waals surface area contributed by atoms with Crippen molar-refractivity contribution in [3.8, 4) is 0 Å². The van der Waals surface area contributed by atoms with Gasteiger partial charge in [-0.1, -0.05) is 80.4 Å². The van der Waals surface area contributed by atoms with E-state index in [1.165, 1.54) is 0 Å². The van der Waals surface area contributed by atoms with Crippen molar-refractivity contribution in [3.05, 3.63) is 70.2 Å². The molecule has 2 amide bonds. The Morgan fingerprint density at radius 3 is 2.45 bits per heavy atom. The Morgan fingerprint density at radius 2 is 1.83 bits per heavy atom. The molecule has 1 N–H and O–H groups in total. The Bertz CT molecular complexity index is 835. The molecule has 0 spiro atoms. The molecule has 1 atom stereocenters. The molecule has 156 valence electrons. The maximum Gasteiger partial charge on any atom is 0.242 e. The molecule has 0 bridgehead atoms. The minimum Gasteiger partial charge on any atom is -0.354 e. The Hall–Kier alpha value is -2.33. The van der Waals surface area contributed by atoms with Crippen LogP contribution in [0.4, 0.5) is 0 Å². The van der Waals surface area contributed by atoms with Gasteiger partial charge in [0.05, 0.1) is 6.42 Å². The van der Waals surface area contributed by atoms with Gasteiger partial charge in [-0.05, 0) is 36.5 Å². The molecular formula is C24H31ClN2O2. The second-order valence-corrected chi connectivity index (χ2v) is 8.25. The molecular weight excluding hydrogens is 384 g/mol. The molecule has 4 nitrogen and oxygen atoms in total. The van der Waals surface area contributed by atoms with Crippen LogP contribution in [0.1, 0.15) is 43.9 Å². The molecule has 2 aromatic rings. The van der Waals surface area contributed by atoms with Gasteiger partial charge in [0.15, 0.2) is 0 Å². The van der Waals surface area contributed by atoms with Gasteiger partial charge in [-0.25, -0.2) is 0 Å². The lowest BCUT2D eigenvalue weighted by atomic mass is 10.0. The minimum absolute atomic E-state index is 0.0814. The predicted octanol–water partition coefficient (Wildman–Crippen LogP) is 4.77. The lowest BCUT2D eigenvalue weighted by Crippen LogP contribution is -2.50. The maximum atomic E-state index is 13.3. The summed E-state index contributed by atoms with van der Waals surface area (Å²) in [5.74, 6) is 0.143. The summed E-state index contributed by atoms with van der Waals surface area (Å²) >= 11 is 6.35. The number of aryl methyl sites for hydroxylation is 1. The standard InChI is InChI=1S/C24H31ClN2O2/c1-5-22(24(29)26-15-17(2)3)27(16-20-11-6-7-12-21(20)25)23(28)14-19-10-8-9-18(4)13-19/h6-13,17,22H,5,14-16H2,1-4H3,(H,26,29)/t22-/m0/s1. The van der Waals surface area contributed by atoms with Crippen LogP contribution in [-0.2, 0) is 22.6 Å². The van der Waals surface area contributed by atoms with Gasteiger partial charge >= 0.3 is 0 Å². The summed E-state index contributed by atoms with van der Waals surface area (Å²) in [6.07, 6.45) is 0.786. The average molecular weight is 415 g/mol. The largest absolute Gasteiger partial charge is 0.354 e. The van der Waals surface area contributed by atoms with Crippen LogP contribution in [0.25, 0.3) is 0 Å². The van der Waals surface area contributed by atoms with Gasteiger partial charge in [-0.15, -0.1) is 0 Å². The lowest BCUT2D eigenvalue weighted by molar-refractivity contribution is -0.141. The molecule has 5 heteroatoms. The second-order valence-electron chi connectivity index (χ2n) is 7.84. The Morgan fingerprint density at radius 1 is 1.10 bits per heavy atom. The molecule has 0 fully saturated rings. The number of nitrogens with zero attached hydrogens (tertiary/aromatic N) is 1. The van der Waals surface area contributed by atoms with Crippen LogP contribution in [-0.4, -0.2) is 29.3 Å². The van der Waals surface area contributed by atoms with Crippen LogP contribution in [0.5, 0.6) is 0 Å². The fourth-order valence-electron chi connectivity index (χ4n) is 3.25. The normalized spacial score (nSPS) is 11.9. The highest BCUT2D eigenvalue weighted by atomic mass is 35.5. The summed E-state index contributed by atoms with van der Waals surface area (Å²) in [6, 6.07) is 14.8. The van der Waals surface area contributed by atoms with Crippen molar-refractivity contribution < 1.29 is 9.59 Å². The molecule has 29 heavy (non-hydrogen) atoms. The summed E-state index contributed by atoms with van der Waals surface area (Å²) < 4.78 is 0. The first-order valence-corrected chi connectivity index (χ1v) is 10.6. The van der Waals surface area contributed by atoms with E-state index >= 15 is 0 Å². The number of nitrogens with one attached hydrogen (secondary N) is 1. The first kappa shape index (κ1) is 23.0. The molecule has 0 saturated carbocycles. The van der Waals surface area contributed by atoms with Crippen molar-refractivity contribution in [2.75, 3.05) is 6.54 Å². The summed E-state index contributed by atoms with van der Waals surface area (Å²) in [6.45, 7) is 8.92. The topological polar surface area (TPSA) is 49.4 Å². The zero-order chi connectivity index (χ0) is 21.4. The molecule has 2 aromatic carbocycles. The quantitative estimate of drug-likeness (QED) is 0.642. The first-order valence-electron chi connectivity index (χ1n) is 10.2. The highest BCUT2D eigenvalue weighted by Gasteiger charge is 2.29. The second kappa shape index (κ2) is 11.0. The molecule has 0 unspecified atom stereocenters. The number of hydrogen-bond acceptors (Lipinski definition) is 2. The van der Waals surface area contributed by atoms with Crippen molar-refractivity contribution in [1.82, 2.24) is 10.2 Å². The number of amides is 2. The van der Waals surface area contributed by atoms with E-state index in [2.05, 4.69) is 5.32 Å². The highest BCUT2D eigenvalue weighted by molar-refractivity contribution is 6.31. The first-order chi connectivity index (χ1) is 13.8. The summed E-state index contributed by atoms with van der Waals surface area (Å²) in [4.78, 5) is 27.8. The maximum absolute atomic E-state index is 13.3. The van der Waals surface area contributed by atoms with Crippen molar-refractivity contribution in [2.45, 2.75) is 53.1 Å². The fraction of sp³-hybridized carbons (Fsp3) is 0.417. The molecule has 0 aromatic heterocycles. The van der Waals surface area contributed by atoms with E-state index in [4.69, 9.17) is 11.6 Å². The van der Waals surface area contributed by atoms with E-state index in [1.807, 2.05) is 70.2 Å². The third kappa shape index (κ3) is 6.90. The number of carbonyl (C=O) groups is 2. The third-order valence-electron chi connectivity index (χ3n) is 4.81. The van der Waals surface area contributed by atoms with E-state index < -0.39 is 6.04 Å². The van der Waals surface area contributed by atoms with Crippen molar-refractivity contribution >= 4 is 23.4 Å². The Labute approximate surface area is 179 Å². The number of hydrogen-bond donors (Lipinski definition) is 1. The number of carbonyl (C=O) groups excluding carboxylic acids is 2. The Balaban J connectivity index is 2.29. The minimum atomic E-state index is -0.540. The van der Waals surface area contributed by atoms with Crippen LogP contribution < -0.4 is 5.32 Å². The summed E-state index contributed by atoms with van der Waals surface area (Å²) in [5.41, 5.74) is 2.88. The lowest BCUT2D eigenvalue weighted by Gasteiger charge is -2.31. The fourth-order valence-corrected chi connectivity index (χ4v) is 3.45. The predicted molar refractivity (Wildman–Crippen MR) is 119 cm³/mol. The van der Waals surface area contributed by atoms with Gasteiger partial charge in [0.2, 0.25) is 11.8 Å². The van der Waals surface area contributed by atoms with E-state index in [-0.39, 0.29) is 18.2 Å². The van der Waals surface area contributed by atoms with Gasteiger partial charge in [-0.3, -0.25) is 9.59 Å². The zero-order valence-corrected chi connectivity index (χ0v) is 18.5. The van der Waals surface area contributed by atoms with Gasteiger partial charge in [0.25, 0.3) is 0 Å². The molecule has 0 radical (unpaired) electrons. The monoisotopic (exact) mass is 414 g/mol. The van der Waals surface area contributed by atoms with E-state index in [9.17, 15) is 9.59 Å². The van der Waals surface area contributed by atoms with Crippen LogP contribution in [0, 0.1) is 12.8 Å². The van der Waals surface area contributed by atoms with Gasteiger partial charge in [0.1, 0.15) is 6.04 Å². The zero-order valence-electron chi connectivity index (χ0n) is 17.7. The Kier molecular flexibility index (Phi) is 8.71. The molecule has 0 heterocycles. The van der Waals surface area contributed by atoms with Gasteiger partial charge in [-0.2, -0.15) is 0 Å². The van der Waals surface area contributed by atoms with Crippen LogP contribution in [0.2, 0.25) is 5.02 Å². The molecule has 2 rings (SSSR count). The third-order valence-corrected chi connectivity index (χ3v) is 5.18. The molecule has 0 saturated heterocycles. The molecule has 0 aliphatic heterocycles. The van der Waals surface area contributed by atoms with Crippen molar-refractivity contribution in [1.29, 1.82) is 0 Å². The summed E-state index contributed by atoms with van der Waals surface area (Å²) in [5, 5.41) is 3.57. The van der Waals surface area contributed by atoms with E-state index in [0.717, 1.165) is 16.7 Å². The van der Waals surface area contributed by atoms with E-state index in [1.54, 1.807) is 11.0 Å². The number of benzene rings is 2. The average Bonchev–Trinajstić information content (AvgIpc) is 2.67. The van der Waals surface area contributed by atoms with Crippen LogP contribution in [0.3, 0.4) is 0 Å². The van der Waals surface area contributed by atoms with Crippen LogP contribution in [0.15, 0.2) is 48.5 Å². The molecule has 0 aliphatic carbocycles. The van der Waals surface area contributed by atoms with Crippen molar-refractivity contribution in [2.24, 2.45) is 5.92 Å². The molecule has 0 aliphatic rings. The SMILES string of the molecule is CC[C@@H](C(=O)NCC(C)C)N(Cc1ccccc1Cl)C(=O)Cc1cccc(C)c1. The number of halogens is 1.